The zero-order chi connectivity index (χ0) is 15.4. The van der Waals surface area contributed by atoms with Gasteiger partial charge in [0.05, 0.1) is 5.92 Å². The molecular weight excluding hydrogens is 266 g/mol. The van der Waals surface area contributed by atoms with Crippen LogP contribution in [0.15, 0.2) is 30.3 Å². The number of carbonyl (C=O) groups excluding carboxylic acids is 1. The van der Waals surface area contributed by atoms with Gasteiger partial charge in [-0.1, -0.05) is 50.6 Å². The fourth-order valence-electron chi connectivity index (χ4n) is 3.14. The Kier molecular flexibility index (Phi) is 4.99. The van der Waals surface area contributed by atoms with Gasteiger partial charge in [0.2, 0.25) is 5.91 Å². The molecule has 4 nitrogen and oxygen atoms in total. The highest BCUT2D eigenvalue weighted by Crippen LogP contribution is 2.33. The number of carbonyl (C=O) groups is 2. The van der Waals surface area contributed by atoms with Gasteiger partial charge in [0.1, 0.15) is 0 Å². The second kappa shape index (κ2) is 6.74. The Balaban J connectivity index is 2.16. The van der Waals surface area contributed by atoms with Gasteiger partial charge in [-0.25, -0.2) is 0 Å². The molecule has 2 rings (SSSR count). The lowest BCUT2D eigenvalue weighted by Crippen LogP contribution is -2.34. The zero-order valence-electron chi connectivity index (χ0n) is 12.7. The van der Waals surface area contributed by atoms with E-state index in [4.69, 9.17) is 0 Å². The van der Waals surface area contributed by atoms with Crippen molar-refractivity contribution in [1.29, 1.82) is 0 Å². The summed E-state index contributed by atoms with van der Waals surface area (Å²) >= 11 is 0. The van der Waals surface area contributed by atoms with E-state index >= 15 is 0 Å². The summed E-state index contributed by atoms with van der Waals surface area (Å²) in [5, 5.41) is 9.45. The van der Waals surface area contributed by atoms with Gasteiger partial charge < -0.3 is 10.0 Å². The molecule has 21 heavy (non-hydrogen) atoms. The molecule has 3 unspecified atom stereocenters. The highest BCUT2D eigenvalue weighted by atomic mass is 16.4. The van der Waals surface area contributed by atoms with Crippen molar-refractivity contribution >= 4 is 11.9 Å². The molecule has 0 aliphatic carbocycles. The highest BCUT2D eigenvalue weighted by Gasteiger charge is 2.41. The van der Waals surface area contributed by atoms with Crippen molar-refractivity contribution in [3.8, 4) is 0 Å². The second-order valence-corrected chi connectivity index (χ2v) is 5.89. The molecule has 0 spiro atoms. The lowest BCUT2D eigenvalue weighted by atomic mass is 9.89. The van der Waals surface area contributed by atoms with Crippen LogP contribution in [0.2, 0.25) is 0 Å². The van der Waals surface area contributed by atoms with Crippen LogP contribution in [0.5, 0.6) is 0 Å². The van der Waals surface area contributed by atoms with Crippen molar-refractivity contribution in [3.05, 3.63) is 35.9 Å². The molecule has 1 aromatic rings. The average Bonchev–Trinajstić information content (AvgIpc) is 2.93. The number of carboxylic acid groups (broad SMARTS) is 1. The first-order chi connectivity index (χ1) is 10.0. The van der Waals surface area contributed by atoms with E-state index in [9.17, 15) is 14.7 Å². The molecule has 1 aromatic carbocycles. The Morgan fingerprint density at radius 3 is 2.52 bits per heavy atom. The molecule has 1 fully saturated rings. The molecule has 4 heteroatoms. The summed E-state index contributed by atoms with van der Waals surface area (Å²) in [4.78, 5) is 25.7. The Labute approximate surface area is 125 Å². The average molecular weight is 289 g/mol. The van der Waals surface area contributed by atoms with Crippen molar-refractivity contribution in [3.63, 3.8) is 0 Å². The molecule has 114 valence electrons. The molecule has 0 bridgehead atoms. The van der Waals surface area contributed by atoms with Gasteiger partial charge in [0.15, 0.2) is 0 Å². The van der Waals surface area contributed by atoms with Gasteiger partial charge in [-0.2, -0.15) is 0 Å². The first-order valence-corrected chi connectivity index (χ1v) is 7.61. The third-order valence-electron chi connectivity index (χ3n) is 4.32. The number of rotatable bonds is 5. The minimum atomic E-state index is -0.817. The van der Waals surface area contributed by atoms with E-state index in [2.05, 4.69) is 6.92 Å². The van der Waals surface area contributed by atoms with Crippen LogP contribution in [0.4, 0.5) is 0 Å². The SMILES string of the molecule is CCCC(C)C(=O)N1CC(C(=O)O)C(c2ccccc2)C1. The Morgan fingerprint density at radius 1 is 1.29 bits per heavy atom. The van der Waals surface area contributed by atoms with Crippen molar-refractivity contribution in [2.75, 3.05) is 13.1 Å². The number of hydrogen-bond acceptors (Lipinski definition) is 2. The van der Waals surface area contributed by atoms with Crippen LogP contribution in [0.3, 0.4) is 0 Å². The first-order valence-electron chi connectivity index (χ1n) is 7.61. The summed E-state index contributed by atoms with van der Waals surface area (Å²) in [7, 11) is 0. The van der Waals surface area contributed by atoms with Gasteiger partial charge >= 0.3 is 5.97 Å². The van der Waals surface area contributed by atoms with Crippen LogP contribution in [0.1, 0.15) is 38.2 Å². The number of carboxylic acids is 1. The Bertz CT molecular complexity index is 500. The normalized spacial score (nSPS) is 23.0. The molecule has 1 amide bonds. The van der Waals surface area contributed by atoms with Gasteiger partial charge in [0.25, 0.3) is 0 Å². The topological polar surface area (TPSA) is 57.6 Å². The number of hydrogen-bond donors (Lipinski definition) is 1. The van der Waals surface area contributed by atoms with E-state index < -0.39 is 11.9 Å². The molecule has 1 aliphatic rings. The minimum absolute atomic E-state index is 0.0287. The zero-order valence-corrected chi connectivity index (χ0v) is 12.7. The van der Waals surface area contributed by atoms with E-state index in [1.54, 1.807) is 4.90 Å². The van der Waals surface area contributed by atoms with Gasteiger partial charge in [-0.05, 0) is 12.0 Å². The molecule has 1 N–H and O–H groups in total. The molecule has 1 heterocycles. The number of nitrogens with zero attached hydrogens (tertiary/aromatic N) is 1. The predicted octanol–water partition coefficient (Wildman–Crippen LogP) is 2.75. The van der Waals surface area contributed by atoms with Gasteiger partial charge in [-0.15, -0.1) is 0 Å². The van der Waals surface area contributed by atoms with Gasteiger partial charge in [0, 0.05) is 24.9 Å². The van der Waals surface area contributed by atoms with Crippen LogP contribution in [-0.4, -0.2) is 35.0 Å². The van der Waals surface area contributed by atoms with E-state index in [-0.39, 0.29) is 17.7 Å². The van der Waals surface area contributed by atoms with E-state index in [1.807, 2.05) is 37.3 Å². The number of amides is 1. The maximum Gasteiger partial charge on any atom is 0.308 e. The van der Waals surface area contributed by atoms with Crippen molar-refractivity contribution < 1.29 is 14.7 Å². The Morgan fingerprint density at radius 2 is 1.95 bits per heavy atom. The summed E-state index contributed by atoms with van der Waals surface area (Å²) in [5.74, 6) is -1.38. The second-order valence-electron chi connectivity index (χ2n) is 5.89. The third-order valence-corrected chi connectivity index (χ3v) is 4.32. The molecule has 1 saturated heterocycles. The summed E-state index contributed by atoms with van der Waals surface area (Å²) in [6, 6.07) is 9.64. The lowest BCUT2D eigenvalue weighted by molar-refractivity contribution is -0.142. The van der Waals surface area contributed by atoms with Crippen LogP contribution < -0.4 is 0 Å². The fraction of sp³-hybridized carbons (Fsp3) is 0.529. The maximum absolute atomic E-state index is 12.4. The molecule has 0 radical (unpaired) electrons. The maximum atomic E-state index is 12.4. The third kappa shape index (κ3) is 3.43. The molecular formula is C17H23NO3. The summed E-state index contributed by atoms with van der Waals surface area (Å²) < 4.78 is 0. The predicted molar refractivity (Wildman–Crippen MR) is 81.0 cm³/mol. The number of aliphatic carboxylic acids is 1. The van der Waals surface area contributed by atoms with Gasteiger partial charge in [-0.3, -0.25) is 9.59 Å². The smallest absolute Gasteiger partial charge is 0.308 e. The summed E-state index contributed by atoms with van der Waals surface area (Å²) in [5.41, 5.74) is 1.00. The van der Waals surface area contributed by atoms with Crippen LogP contribution in [0, 0.1) is 11.8 Å². The molecule has 1 aliphatic heterocycles. The summed E-state index contributed by atoms with van der Waals surface area (Å²) in [6.07, 6.45) is 1.81. The van der Waals surface area contributed by atoms with Crippen molar-refractivity contribution in [2.45, 2.75) is 32.6 Å². The highest BCUT2D eigenvalue weighted by molar-refractivity contribution is 5.81. The Hall–Kier alpha value is -1.84. The fourth-order valence-corrected chi connectivity index (χ4v) is 3.14. The first kappa shape index (κ1) is 15.5. The van der Waals surface area contributed by atoms with Crippen LogP contribution in [-0.2, 0) is 9.59 Å². The largest absolute Gasteiger partial charge is 0.481 e. The van der Waals surface area contributed by atoms with Crippen LogP contribution in [0.25, 0.3) is 0 Å². The summed E-state index contributed by atoms with van der Waals surface area (Å²) in [6.45, 7) is 4.81. The van der Waals surface area contributed by atoms with Crippen LogP contribution >= 0.6 is 0 Å². The van der Waals surface area contributed by atoms with E-state index in [0.717, 1.165) is 18.4 Å². The molecule has 0 aromatic heterocycles. The molecule has 0 saturated carbocycles. The van der Waals surface area contributed by atoms with E-state index in [1.165, 1.54) is 0 Å². The number of benzene rings is 1. The monoisotopic (exact) mass is 289 g/mol. The lowest BCUT2D eigenvalue weighted by Gasteiger charge is -2.20. The minimum Gasteiger partial charge on any atom is -0.481 e. The van der Waals surface area contributed by atoms with Crippen molar-refractivity contribution in [2.24, 2.45) is 11.8 Å². The van der Waals surface area contributed by atoms with Crippen molar-refractivity contribution in [1.82, 2.24) is 4.90 Å². The number of likely N-dealkylation sites (tertiary alicyclic amines) is 1. The quantitative estimate of drug-likeness (QED) is 0.906. The molecule has 3 atom stereocenters. The standard InChI is InChI=1S/C17H23NO3/c1-3-7-12(2)16(19)18-10-14(15(11-18)17(20)21)13-8-5-4-6-9-13/h4-6,8-9,12,14-15H,3,7,10-11H2,1-2H3,(H,20,21). The van der Waals surface area contributed by atoms with E-state index in [0.29, 0.717) is 13.1 Å².